The smallest absolute Gasteiger partial charge is 0.409 e. The van der Waals surface area contributed by atoms with E-state index in [0.29, 0.717) is 30.9 Å². The Morgan fingerprint density at radius 3 is 2.59 bits per heavy atom. The highest BCUT2D eigenvalue weighted by Gasteiger charge is 2.27. The van der Waals surface area contributed by atoms with Gasteiger partial charge in [0.15, 0.2) is 0 Å². The Bertz CT molecular complexity index is 1220. The van der Waals surface area contributed by atoms with Crippen molar-refractivity contribution in [3.8, 4) is 11.3 Å². The SMILES string of the molecule is CNC(=O)c1cc(F)c(-c2nc3cc(C)ccn3c2C[C@@H]2CCCN(C(=O)OC)CC2)c(F)c1. The second-order valence-electron chi connectivity index (χ2n) is 8.69. The molecule has 1 aliphatic heterocycles. The van der Waals surface area contributed by atoms with Gasteiger partial charge in [-0.15, -0.1) is 0 Å². The molecule has 9 heteroatoms. The predicted octanol–water partition coefficient (Wildman–Crippen LogP) is 4.36. The molecule has 0 unspecified atom stereocenters. The van der Waals surface area contributed by atoms with Crippen molar-refractivity contribution in [3.05, 3.63) is 58.9 Å². The number of methoxy groups -OCH3 is 1. The molecule has 1 saturated heterocycles. The van der Waals surface area contributed by atoms with Gasteiger partial charge in [-0.1, -0.05) is 0 Å². The molecule has 1 aromatic carbocycles. The number of ether oxygens (including phenoxy) is 1. The average molecular weight is 471 g/mol. The highest BCUT2D eigenvalue weighted by molar-refractivity contribution is 5.94. The van der Waals surface area contributed by atoms with E-state index >= 15 is 8.78 Å². The predicted molar refractivity (Wildman–Crippen MR) is 124 cm³/mol. The Labute approximate surface area is 196 Å². The highest BCUT2D eigenvalue weighted by Crippen LogP contribution is 2.33. The summed E-state index contributed by atoms with van der Waals surface area (Å²) in [5, 5.41) is 2.38. The zero-order chi connectivity index (χ0) is 24.4. The van der Waals surface area contributed by atoms with E-state index in [4.69, 9.17) is 4.74 Å². The highest BCUT2D eigenvalue weighted by atomic mass is 19.1. The number of aryl methyl sites for hydroxylation is 1. The van der Waals surface area contributed by atoms with E-state index in [1.807, 2.05) is 29.7 Å². The number of aromatic nitrogens is 2. The lowest BCUT2D eigenvalue weighted by atomic mass is 9.93. The Balaban J connectivity index is 1.75. The number of likely N-dealkylation sites (tertiary alicyclic amines) is 1. The van der Waals surface area contributed by atoms with Crippen LogP contribution in [-0.2, 0) is 11.2 Å². The summed E-state index contributed by atoms with van der Waals surface area (Å²) in [6, 6.07) is 5.87. The van der Waals surface area contributed by atoms with Crippen molar-refractivity contribution >= 4 is 17.6 Å². The number of halogens is 2. The number of nitrogens with zero attached hydrogens (tertiary/aromatic N) is 3. The Morgan fingerprint density at radius 2 is 1.91 bits per heavy atom. The number of amides is 2. The van der Waals surface area contributed by atoms with Crippen LogP contribution in [0.1, 0.15) is 40.9 Å². The molecule has 1 N–H and O–H groups in total. The fourth-order valence-corrected chi connectivity index (χ4v) is 4.62. The number of nitrogens with one attached hydrogen (secondary N) is 1. The number of rotatable bonds is 4. The van der Waals surface area contributed by atoms with Crippen LogP contribution in [0.25, 0.3) is 16.9 Å². The third-order valence-electron chi connectivity index (χ3n) is 6.41. The topological polar surface area (TPSA) is 75.9 Å². The van der Waals surface area contributed by atoms with Crippen LogP contribution in [0.2, 0.25) is 0 Å². The summed E-state index contributed by atoms with van der Waals surface area (Å²) in [5.41, 5.74) is 2.19. The van der Waals surface area contributed by atoms with Gasteiger partial charge >= 0.3 is 6.09 Å². The van der Waals surface area contributed by atoms with Gasteiger partial charge < -0.3 is 19.4 Å². The molecule has 7 nitrogen and oxygen atoms in total. The molecule has 0 saturated carbocycles. The molecule has 2 amide bonds. The number of pyridine rings is 1. The largest absolute Gasteiger partial charge is 0.453 e. The molecule has 180 valence electrons. The first kappa shape index (κ1) is 23.7. The summed E-state index contributed by atoms with van der Waals surface area (Å²) in [4.78, 5) is 30.1. The zero-order valence-electron chi connectivity index (χ0n) is 19.5. The Kier molecular flexibility index (Phi) is 6.81. The minimum Gasteiger partial charge on any atom is -0.453 e. The molecule has 0 aliphatic carbocycles. The Morgan fingerprint density at radius 1 is 1.18 bits per heavy atom. The first-order valence-electron chi connectivity index (χ1n) is 11.3. The maximum absolute atomic E-state index is 15.2. The number of hydrogen-bond acceptors (Lipinski definition) is 4. The summed E-state index contributed by atoms with van der Waals surface area (Å²) < 4.78 is 37.1. The van der Waals surface area contributed by atoms with Crippen LogP contribution in [0.15, 0.2) is 30.5 Å². The van der Waals surface area contributed by atoms with Crippen molar-refractivity contribution in [2.75, 3.05) is 27.2 Å². The van der Waals surface area contributed by atoms with Gasteiger partial charge in [-0.05, 0) is 68.4 Å². The lowest BCUT2D eigenvalue weighted by Gasteiger charge is -2.19. The standard InChI is InChI=1S/C25H28F2N4O3/c1-15-6-10-31-20(12-16-5-4-8-30(9-7-16)25(33)34-3)23(29-21(31)11-15)22-18(26)13-17(14-19(22)27)24(32)28-2/h6,10-11,13-14,16H,4-5,7-9,12H2,1-3H3,(H,28,32)/t16-/m1/s1. The van der Waals surface area contributed by atoms with Crippen molar-refractivity contribution in [3.63, 3.8) is 0 Å². The maximum atomic E-state index is 15.2. The molecular weight excluding hydrogens is 442 g/mol. The number of carbonyl (C=O) groups excluding carboxylic acids is 2. The zero-order valence-corrected chi connectivity index (χ0v) is 19.5. The molecule has 0 radical (unpaired) electrons. The third kappa shape index (κ3) is 4.60. The van der Waals surface area contributed by atoms with E-state index in [2.05, 4.69) is 10.3 Å². The lowest BCUT2D eigenvalue weighted by Crippen LogP contribution is -2.31. The summed E-state index contributed by atoms with van der Waals surface area (Å²) in [5.74, 6) is -2.04. The van der Waals surface area contributed by atoms with Gasteiger partial charge in [0.2, 0.25) is 0 Å². The number of hydrogen-bond donors (Lipinski definition) is 1. The first-order valence-corrected chi connectivity index (χ1v) is 11.3. The van der Waals surface area contributed by atoms with Gasteiger partial charge in [0.25, 0.3) is 5.91 Å². The van der Waals surface area contributed by atoms with E-state index in [1.165, 1.54) is 14.2 Å². The normalized spacial score (nSPS) is 16.4. The third-order valence-corrected chi connectivity index (χ3v) is 6.41. The summed E-state index contributed by atoms with van der Waals surface area (Å²) in [6.07, 6.45) is 4.50. The first-order chi connectivity index (χ1) is 16.3. The summed E-state index contributed by atoms with van der Waals surface area (Å²) in [6.45, 7) is 3.11. The van der Waals surface area contributed by atoms with E-state index in [1.54, 1.807) is 4.90 Å². The van der Waals surface area contributed by atoms with Crippen LogP contribution < -0.4 is 5.32 Å². The van der Waals surface area contributed by atoms with Crippen molar-refractivity contribution < 1.29 is 23.1 Å². The van der Waals surface area contributed by atoms with E-state index in [9.17, 15) is 9.59 Å². The van der Waals surface area contributed by atoms with E-state index in [-0.39, 0.29) is 28.8 Å². The van der Waals surface area contributed by atoms with Gasteiger partial charge in [-0.25, -0.2) is 18.6 Å². The minimum atomic E-state index is -0.835. The molecule has 1 aliphatic rings. The monoisotopic (exact) mass is 470 g/mol. The fourth-order valence-electron chi connectivity index (χ4n) is 4.62. The van der Waals surface area contributed by atoms with Gasteiger partial charge in [0, 0.05) is 31.9 Å². The lowest BCUT2D eigenvalue weighted by molar-refractivity contribution is 0.0962. The Hall–Kier alpha value is -3.49. The van der Waals surface area contributed by atoms with Crippen LogP contribution in [0.4, 0.5) is 13.6 Å². The molecule has 4 rings (SSSR count). The van der Waals surface area contributed by atoms with Crippen LogP contribution in [0, 0.1) is 24.5 Å². The molecule has 2 aromatic heterocycles. The molecular formula is C25H28F2N4O3. The molecule has 1 fully saturated rings. The second-order valence-corrected chi connectivity index (χ2v) is 8.69. The average Bonchev–Trinajstić information content (AvgIpc) is 2.99. The number of carbonyl (C=O) groups is 2. The molecule has 0 bridgehead atoms. The van der Waals surface area contributed by atoms with Crippen molar-refractivity contribution in [2.24, 2.45) is 5.92 Å². The van der Waals surface area contributed by atoms with Crippen LogP contribution in [-0.4, -0.2) is 53.5 Å². The van der Waals surface area contributed by atoms with E-state index < -0.39 is 17.5 Å². The number of fused-ring (bicyclic) bond motifs is 1. The van der Waals surface area contributed by atoms with Crippen molar-refractivity contribution in [2.45, 2.75) is 32.6 Å². The van der Waals surface area contributed by atoms with Crippen molar-refractivity contribution in [1.29, 1.82) is 0 Å². The number of benzene rings is 1. The second kappa shape index (κ2) is 9.79. The van der Waals surface area contributed by atoms with Crippen LogP contribution >= 0.6 is 0 Å². The summed E-state index contributed by atoms with van der Waals surface area (Å²) in [7, 11) is 2.78. The maximum Gasteiger partial charge on any atom is 0.409 e. The molecule has 0 spiro atoms. The summed E-state index contributed by atoms with van der Waals surface area (Å²) >= 11 is 0. The van der Waals surface area contributed by atoms with E-state index in [0.717, 1.165) is 37.0 Å². The van der Waals surface area contributed by atoms with Crippen LogP contribution in [0.5, 0.6) is 0 Å². The fraction of sp³-hybridized carbons (Fsp3) is 0.400. The van der Waals surface area contributed by atoms with Gasteiger partial charge in [-0.2, -0.15) is 0 Å². The van der Waals surface area contributed by atoms with Gasteiger partial charge in [-0.3, -0.25) is 4.79 Å². The molecule has 3 heterocycles. The molecule has 3 aromatic rings. The van der Waals surface area contributed by atoms with Crippen molar-refractivity contribution in [1.82, 2.24) is 19.6 Å². The molecule has 34 heavy (non-hydrogen) atoms. The molecule has 1 atom stereocenters. The quantitative estimate of drug-likeness (QED) is 0.615. The minimum absolute atomic E-state index is 0.0888. The number of imidazole rings is 1. The van der Waals surface area contributed by atoms with Crippen LogP contribution in [0.3, 0.4) is 0 Å². The van der Waals surface area contributed by atoms with Gasteiger partial charge in [0.1, 0.15) is 17.3 Å². The van der Waals surface area contributed by atoms with Gasteiger partial charge in [0.05, 0.1) is 24.1 Å².